The molecule has 0 aliphatic heterocycles. The van der Waals surface area contributed by atoms with Gasteiger partial charge in [0.05, 0.1) is 22.2 Å². The highest BCUT2D eigenvalue weighted by atomic mass is 79.9. The minimum Gasteiger partial charge on any atom is -0.490 e. The van der Waals surface area contributed by atoms with Crippen molar-refractivity contribution in [1.82, 2.24) is 0 Å². The highest BCUT2D eigenvalue weighted by Crippen LogP contribution is 2.38. The van der Waals surface area contributed by atoms with Crippen molar-refractivity contribution in [2.24, 2.45) is 0 Å². The van der Waals surface area contributed by atoms with Crippen molar-refractivity contribution in [2.45, 2.75) is 6.92 Å². The Labute approximate surface area is 232 Å². The van der Waals surface area contributed by atoms with Crippen molar-refractivity contribution < 1.29 is 29.0 Å². The van der Waals surface area contributed by atoms with E-state index in [9.17, 15) is 19.6 Å². The number of carboxylic acids is 1. The Bertz CT molecular complexity index is 1670. The maximum absolute atomic E-state index is 13.1. The van der Waals surface area contributed by atoms with Gasteiger partial charge in [-0.25, -0.2) is 9.59 Å². The second kappa shape index (κ2) is 12.1. The van der Waals surface area contributed by atoms with Gasteiger partial charge in [0.1, 0.15) is 11.6 Å². The SMILES string of the molecule is CCOc1cc(/C=C(/C#N)C(=O)Nc2cccc(C(=O)O)c2)cc(Br)c1OC(=O)c1cccc2ccccc12. The summed E-state index contributed by atoms with van der Waals surface area (Å²) in [5, 5.41) is 22.9. The van der Waals surface area contributed by atoms with Crippen LogP contribution in [0.5, 0.6) is 11.5 Å². The molecule has 0 saturated carbocycles. The normalized spacial score (nSPS) is 10.9. The molecule has 0 spiro atoms. The molecule has 4 aromatic rings. The summed E-state index contributed by atoms with van der Waals surface area (Å²) in [6.45, 7) is 2.04. The number of aromatic carboxylic acids is 1. The third kappa shape index (κ3) is 6.32. The summed E-state index contributed by atoms with van der Waals surface area (Å²) in [6, 6.07) is 23.5. The number of hydrogen-bond acceptors (Lipinski definition) is 6. The largest absolute Gasteiger partial charge is 0.490 e. The number of nitrogens with one attached hydrogen (secondary N) is 1. The lowest BCUT2D eigenvalue weighted by atomic mass is 10.0. The van der Waals surface area contributed by atoms with Crippen LogP contribution < -0.4 is 14.8 Å². The van der Waals surface area contributed by atoms with Crippen LogP contribution in [0.2, 0.25) is 0 Å². The summed E-state index contributed by atoms with van der Waals surface area (Å²) >= 11 is 3.42. The summed E-state index contributed by atoms with van der Waals surface area (Å²) in [6.07, 6.45) is 1.35. The molecular weight excluding hydrogens is 564 g/mol. The first kappa shape index (κ1) is 27.1. The number of carbonyl (C=O) groups excluding carboxylic acids is 2. The van der Waals surface area contributed by atoms with Gasteiger partial charge in [-0.15, -0.1) is 0 Å². The van der Waals surface area contributed by atoms with Gasteiger partial charge >= 0.3 is 11.9 Å². The van der Waals surface area contributed by atoms with E-state index in [0.717, 1.165) is 10.8 Å². The molecule has 39 heavy (non-hydrogen) atoms. The monoisotopic (exact) mass is 584 g/mol. The molecular formula is C30H21BrN2O6. The van der Waals surface area contributed by atoms with Crippen LogP contribution >= 0.6 is 15.9 Å². The highest BCUT2D eigenvalue weighted by Gasteiger charge is 2.19. The van der Waals surface area contributed by atoms with Crippen LogP contribution in [0.1, 0.15) is 33.2 Å². The third-order valence-electron chi connectivity index (χ3n) is 5.58. The Hall–Kier alpha value is -4.94. The molecule has 0 radical (unpaired) electrons. The summed E-state index contributed by atoms with van der Waals surface area (Å²) < 4.78 is 11.8. The summed E-state index contributed by atoms with van der Waals surface area (Å²) in [7, 11) is 0. The number of benzene rings is 4. The van der Waals surface area contributed by atoms with E-state index in [2.05, 4.69) is 21.2 Å². The summed E-state index contributed by atoms with van der Waals surface area (Å²) in [4.78, 5) is 37.1. The molecule has 8 nitrogen and oxygen atoms in total. The lowest BCUT2D eigenvalue weighted by molar-refractivity contribution is -0.112. The number of carbonyl (C=O) groups is 3. The average Bonchev–Trinajstić information content (AvgIpc) is 2.93. The third-order valence-corrected chi connectivity index (χ3v) is 6.17. The van der Waals surface area contributed by atoms with Crippen LogP contribution in [0, 0.1) is 11.3 Å². The molecule has 0 bridgehead atoms. The first-order valence-corrected chi connectivity index (χ1v) is 12.5. The number of esters is 1. The van der Waals surface area contributed by atoms with Gasteiger partial charge in [-0.1, -0.05) is 42.5 Å². The number of rotatable bonds is 8. The molecule has 2 N–H and O–H groups in total. The first-order chi connectivity index (χ1) is 18.8. The molecule has 0 aliphatic rings. The molecule has 0 heterocycles. The molecule has 0 fully saturated rings. The molecule has 0 aromatic heterocycles. The Balaban J connectivity index is 1.63. The zero-order valence-electron chi connectivity index (χ0n) is 20.6. The van der Waals surface area contributed by atoms with Crippen LogP contribution in [0.15, 0.2) is 88.9 Å². The van der Waals surface area contributed by atoms with Crippen molar-refractivity contribution in [1.29, 1.82) is 5.26 Å². The van der Waals surface area contributed by atoms with Gasteiger partial charge in [-0.3, -0.25) is 4.79 Å². The molecule has 1 amide bonds. The van der Waals surface area contributed by atoms with Crippen molar-refractivity contribution in [2.75, 3.05) is 11.9 Å². The minimum atomic E-state index is -1.14. The van der Waals surface area contributed by atoms with Gasteiger partial charge < -0.3 is 19.9 Å². The number of fused-ring (bicyclic) bond motifs is 1. The maximum atomic E-state index is 13.1. The molecule has 0 unspecified atom stereocenters. The van der Waals surface area contributed by atoms with Gasteiger partial charge in [-0.05, 0) is 81.7 Å². The number of hydrogen-bond donors (Lipinski definition) is 2. The lowest BCUT2D eigenvalue weighted by Crippen LogP contribution is -2.14. The second-order valence-electron chi connectivity index (χ2n) is 8.19. The van der Waals surface area contributed by atoms with E-state index in [-0.39, 0.29) is 34.9 Å². The predicted molar refractivity (Wildman–Crippen MR) is 150 cm³/mol. The molecule has 0 saturated heterocycles. The van der Waals surface area contributed by atoms with Crippen LogP contribution in [0.25, 0.3) is 16.8 Å². The number of ether oxygens (including phenoxy) is 2. The lowest BCUT2D eigenvalue weighted by Gasteiger charge is -2.14. The van der Waals surface area contributed by atoms with Crippen molar-refractivity contribution in [3.8, 4) is 17.6 Å². The standard InChI is InChI=1S/C30H21BrN2O6/c1-2-38-26-15-18(13-21(17-32)28(34)33-22-10-5-9-20(16-22)29(35)36)14-25(31)27(26)39-30(37)24-12-6-8-19-7-3-4-11-23(19)24/h3-16H,2H2,1H3,(H,33,34)(H,35,36)/b21-13-. The molecule has 9 heteroatoms. The molecule has 4 aromatic carbocycles. The van der Waals surface area contributed by atoms with E-state index >= 15 is 0 Å². The zero-order valence-corrected chi connectivity index (χ0v) is 22.2. The van der Waals surface area contributed by atoms with E-state index in [4.69, 9.17) is 14.6 Å². The van der Waals surface area contributed by atoms with Crippen LogP contribution in [0.3, 0.4) is 0 Å². The number of halogens is 1. The highest BCUT2D eigenvalue weighted by molar-refractivity contribution is 9.10. The Morgan fingerprint density at radius 1 is 1.03 bits per heavy atom. The second-order valence-corrected chi connectivity index (χ2v) is 9.04. The number of nitriles is 1. The smallest absolute Gasteiger partial charge is 0.344 e. The average molecular weight is 585 g/mol. The predicted octanol–water partition coefficient (Wildman–Crippen LogP) is 6.46. The minimum absolute atomic E-state index is 0.00536. The first-order valence-electron chi connectivity index (χ1n) is 11.7. The fraction of sp³-hybridized carbons (Fsp3) is 0.0667. The van der Waals surface area contributed by atoms with E-state index in [1.807, 2.05) is 36.4 Å². The van der Waals surface area contributed by atoms with Crippen molar-refractivity contribution in [3.63, 3.8) is 0 Å². The van der Waals surface area contributed by atoms with E-state index < -0.39 is 17.8 Å². The number of nitrogens with zero attached hydrogens (tertiary/aromatic N) is 1. The fourth-order valence-corrected chi connectivity index (χ4v) is 4.37. The van der Waals surface area contributed by atoms with E-state index in [1.54, 1.807) is 31.2 Å². The van der Waals surface area contributed by atoms with Crippen molar-refractivity contribution >= 4 is 56.3 Å². The molecule has 0 atom stereocenters. The van der Waals surface area contributed by atoms with Gasteiger partial charge in [0.2, 0.25) is 0 Å². The number of carboxylic acid groups (broad SMARTS) is 1. The molecule has 4 rings (SSSR count). The number of anilines is 1. The Morgan fingerprint density at radius 2 is 1.77 bits per heavy atom. The van der Waals surface area contributed by atoms with E-state index in [0.29, 0.717) is 15.6 Å². The van der Waals surface area contributed by atoms with E-state index in [1.165, 1.54) is 30.3 Å². The summed E-state index contributed by atoms with van der Waals surface area (Å²) in [5.41, 5.74) is 0.816. The number of amides is 1. The maximum Gasteiger partial charge on any atom is 0.344 e. The van der Waals surface area contributed by atoms with Crippen molar-refractivity contribution in [3.05, 3.63) is 106 Å². The van der Waals surface area contributed by atoms with Crippen LogP contribution in [0.4, 0.5) is 5.69 Å². The molecule has 0 aliphatic carbocycles. The van der Waals surface area contributed by atoms with Gasteiger partial charge in [0.25, 0.3) is 5.91 Å². The van der Waals surface area contributed by atoms with Gasteiger partial charge in [-0.2, -0.15) is 5.26 Å². The topological polar surface area (TPSA) is 126 Å². The summed E-state index contributed by atoms with van der Waals surface area (Å²) in [5.74, 6) is -2.05. The molecule has 194 valence electrons. The quantitative estimate of drug-likeness (QED) is 0.105. The zero-order chi connectivity index (χ0) is 27.9. The van der Waals surface area contributed by atoms with Gasteiger partial charge in [0.15, 0.2) is 11.5 Å². The van der Waals surface area contributed by atoms with Gasteiger partial charge in [0, 0.05) is 5.69 Å². The Kier molecular flexibility index (Phi) is 8.39. The fourth-order valence-electron chi connectivity index (χ4n) is 3.83. The Morgan fingerprint density at radius 3 is 2.51 bits per heavy atom. The van der Waals surface area contributed by atoms with Crippen LogP contribution in [-0.2, 0) is 4.79 Å². The van der Waals surface area contributed by atoms with Crippen LogP contribution in [-0.4, -0.2) is 29.6 Å².